The third kappa shape index (κ3) is 7.61. The van der Waals surface area contributed by atoms with Crippen molar-refractivity contribution in [2.75, 3.05) is 38.6 Å². The molecule has 2 aromatic rings. The molecule has 1 aromatic carbocycles. The van der Waals surface area contributed by atoms with Crippen molar-refractivity contribution in [2.45, 2.75) is 27.7 Å². The Kier molecular flexibility index (Phi) is 9.90. The van der Waals surface area contributed by atoms with Gasteiger partial charge >= 0.3 is 0 Å². The number of nitrogens with zero attached hydrogens (tertiary/aromatic N) is 2. The molecule has 0 radical (unpaired) electrons. The van der Waals surface area contributed by atoms with Crippen LogP contribution in [0.15, 0.2) is 53.8 Å². The molecule has 0 fully saturated rings. The van der Waals surface area contributed by atoms with E-state index >= 15 is 0 Å². The number of nitrogens with one attached hydrogen (secondary N) is 1. The van der Waals surface area contributed by atoms with Gasteiger partial charge in [0.15, 0.2) is 0 Å². The Balaban J connectivity index is 0.00000364. The number of allylic oxidation sites excluding steroid dienone is 2. The van der Waals surface area contributed by atoms with E-state index in [1.54, 1.807) is 7.11 Å². The number of hydrogen-bond donors (Lipinski definition) is 1. The van der Waals surface area contributed by atoms with Crippen molar-refractivity contribution < 1.29 is 4.74 Å². The van der Waals surface area contributed by atoms with E-state index in [2.05, 4.69) is 61.1 Å². The summed E-state index contributed by atoms with van der Waals surface area (Å²) in [5.41, 5.74) is 4.70. The zero-order valence-corrected chi connectivity index (χ0v) is 17.9. The lowest BCUT2D eigenvalue weighted by Gasteiger charge is -2.20. The van der Waals surface area contributed by atoms with E-state index in [1.807, 2.05) is 24.4 Å². The topological polar surface area (TPSA) is 37.4 Å². The van der Waals surface area contributed by atoms with E-state index in [0.29, 0.717) is 0 Å². The number of benzene rings is 1. The number of fused-ring (bicyclic) bond motifs is 1. The van der Waals surface area contributed by atoms with Gasteiger partial charge in [0.05, 0.1) is 18.3 Å². The average molecular weight is 390 g/mol. The highest BCUT2D eigenvalue weighted by Crippen LogP contribution is 2.27. The molecule has 1 N–H and O–H groups in total. The van der Waals surface area contributed by atoms with Crippen LogP contribution in [0.1, 0.15) is 27.7 Å². The Bertz CT molecular complexity index is 758. The molecule has 0 saturated heterocycles. The molecule has 0 amide bonds. The molecule has 0 unspecified atom stereocenters. The van der Waals surface area contributed by atoms with Crippen molar-refractivity contribution in [3.63, 3.8) is 0 Å². The Morgan fingerprint density at radius 2 is 1.78 bits per heavy atom. The van der Waals surface area contributed by atoms with Crippen LogP contribution in [0.4, 0.5) is 5.69 Å². The van der Waals surface area contributed by atoms with Gasteiger partial charge in [-0.05, 0) is 39.8 Å². The molecule has 1 aromatic heterocycles. The van der Waals surface area contributed by atoms with E-state index in [9.17, 15) is 0 Å². The van der Waals surface area contributed by atoms with E-state index in [-0.39, 0.29) is 12.4 Å². The zero-order chi connectivity index (χ0) is 18.9. The lowest BCUT2D eigenvalue weighted by atomic mass is 10.1. The maximum Gasteiger partial charge on any atom is 0.121 e. The summed E-state index contributed by atoms with van der Waals surface area (Å²) in [5, 5.41) is 4.63. The summed E-state index contributed by atoms with van der Waals surface area (Å²) < 4.78 is 5.43. The Morgan fingerprint density at radius 1 is 1.11 bits per heavy atom. The molecule has 0 saturated carbocycles. The average Bonchev–Trinajstić information content (AvgIpc) is 2.62. The van der Waals surface area contributed by atoms with Crippen molar-refractivity contribution in [2.24, 2.45) is 0 Å². The fraction of sp³-hybridized carbons (Fsp3) is 0.409. The smallest absolute Gasteiger partial charge is 0.121 e. The van der Waals surface area contributed by atoms with Gasteiger partial charge in [-0.15, -0.1) is 12.4 Å². The minimum absolute atomic E-state index is 0. The van der Waals surface area contributed by atoms with Crippen LogP contribution in [0.25, 0.3) is 10.9 Å². The normalized spacial score (nSPS) is 10.3. The van der Waals surface area contributed by atoms with Crippen molar-refractivity contribution in [3.05, 3.63) is 53.8 Å². The summed E-state index contributed by atoms with van der Waals surface area (Å²) in [7, 11) is 1.70. The molecule has 4 nitrogen and oxygen atoms in total. The first-order valence-corrected chi connectivity index (χ1v) is 9.15. The summed E-state index contributed by atoms with van der Waals surface area (Å²) in [6, 6.07) is 8.05. The van der Waals surface area contributed by atoms with Crippen molar-refractivity contribution in [1.29, 1.82) is 0 Å². The molecule has 0 atom stereocenters. The molecule has 5 heteroatoms. The predicted molar refractivity (Wildman–Crippen MR) is 119 cm³/mol. The molecule has 0 aliphatic heterocycles. The first-order valence-electron chi connectivity index (χ1n) is 9.15. The Morgan fingerprint density at radius 3 is 2.37 bits per heavy atom. The molecule has 148 valence electrons. The van der Waals surface area contributed by atoms with E-state index < -0.39 is 0 Å². The number of anilines is 1. The first-order chi connectivity index (χ1) is 12.5. The lowest BCUT2D eigenvalue weighted by Crippen LogP contribution is -2.30. The Labute approximate surface area is 169 Å². The van der Waals surface area contributed by atoms with Crippen molar-refractivity contribution in [1.82, 2.24) is 9.88 Å². The molecule has 2 rings (SSSR count). The molecule has 0 aliphatic carbocycles. The molecular weight excluding hydrogens is 358 g/mol. The molecule has 0 bridgehead atoms. The fourth-order valence-electron chi connectivity index (χ4n) is 2.65. The fourth-order valence-corrected chi connectivity index (χ4v) is 2.65. The SMILES string of the molecule is COc1cc(NCCN(CC=C(C)C)CC=C(C)C)c2ncccc2c1.Cl. The van der Waals surface area contributed by atoms with Crippen molar-refractivity contribution >= 4 is 29.0 Å². The standard InChI is InChI=1S/C22H31N3O.ClH/c1-17(2)8-12-25(13-9-18(3)4)14-11-23-21-16-20(26-5)15-19-7-6-10-24-22(19)21;/h6-10,15-16,23H,11-14H2,1-5H3;1H. The highest BCUT2D eigenvalue weighted by atomic mass is 35.5. The second-order valence-corrected chi connectivity index (χ2v) is 7.00. The van der Waals surface area contributed by atoms with E-state index in [4.69, 9.17) is 4.74 Å². The third-order valence-corrected chi connectivity index (χ3v) is 4.17. The van der Waals surface area contributed by atoms with Gasteiger partial charge in [0.25, 0.3) is 0 Å². The number of aromatic nitrogens is 1. The second-order valence-electron chi connectivity index (χ2n) is 7.00. The summed E-state index contributed by atoms with van der Waals surface area (Å²) in [6.45, 7) is 12.3. The van der Waals surface area contributed by atoms with Crippen molar-refractivity contribution in [3.8, 4) is 5.75 Å². The second kappa shape index (κ2) is 11.6. The number of ether oxygens (including phenoxy) is 1. The zero-order valence-electron chi connectivity index (χ0n) is 17.1. The van der Waals surface area contributed by atoms with Gasteiger partial charge in [-0.1, -0.05) is 29.4 Å². The minimum Gasteiger partial charge on any atom is -0.497 e. The molecule has 1 heterocycles. The summed E-state index contributed by atoms with van der Waals surface area (Å²) in [4.78, 5) is 6.96. The van der Waals surface area contributed by atoms with Crippen LogP contribution in [-0.4, -0.2) is 43.2 Å². The summed E-state index contributed by atoms with van der Waals surface area (Å²) in [5.74, 6) is 0.846. The maximum atomic E-state index is 5.43. The molecule has 0 aliphatic rings. The number of hydrogen-bond acceptors (Lipinski definition) is 4. The van der Waals surface area contributed by atoms with Crippen LogP contribution in [0.5, 0.6) is 5.75 Å². The van der Waals surface area contributed by atoms with Crippen LogP contribution in [0, 0.1) is 0 Å². The Hall–Kier alpha value is -2.04. The van der Waals surface area contributed by atoms with Gasteiger partial charge in [0.1, 0.15) is 5.75 Å². The van der Waals surface area contributed by atoms with E-state index in [1.165, 1.54) is 11.1 Å². The van der Waals surface area contributed by atoms with Crippen LogP contribution in [0.2, 0.25) is 0 Å². The van der Waals surface area contributed by atoms with Gasteiger partial charge in [-0.25, -0.2) is 0 Å². The van der Waals surface area contributed by atoms with Crippen LogP contribution >= 0.6 is 12.4 Å². The monoisotopic (exact) mass is 389 g/mol. The highest BCUT2D eigenvalue weighted by Gasteiger charge is 2.07. The molecule has 0 spiro atoms. The van der Waals surface area contributed by atoms with Gasteiger partial charge in [0, 0.05) is 43.8 Å². The quantitative estimate of drug-likeness (QED) is 0.589. The largest absolute Gasteiger partial charge is 0.497 e. The lowest BCUT2D eigenvalue weighted by molar-refractivity contribution is 0.347. The van der Waals surface area contributed by atoms with Gasteiger partial charge < -0.3 is 10.1 Å². The van der Waals surface area contributed by atoms with Gasteiger partial charge in [0.2, 0.25) is 0 Å². The minimum atomic E-state index is 0. The third-order valence-electron chi connectivity index (χ3n) is 4.17. The van der Waals surface area contributed by atoms with Crippen LogP contribution in [0.3, 0.4) is 0 Å². The number of pyridine rings is 1. The summed E-state index contributed by atoms with van der Waals surface area (Å²) in [6.07, 6.45) is 6.39. The molecular formula is C22H32ClN3O. The van der Waals surface area contributed by atoms with Gasteiger partial charge in [-0.3, -0.25) is 9.88 Å². The maximum absolute atomic E-state index is 5.43. The number of rotatable bonds is 9. The number of methoxy groups -OCH3 is 1. The van der Waals surface area contributed by atoms with E-state index in [0.717, 1.165) is 48.5 Å². The van der Waals surface area contributed by atoms with Crippen LogP contribution < -0.4 is 10.1 Å². The predicted octanol–water partition coefficient (Wildman–Crippen LogP) is 5.31. The van der Waals surface area contributed by atoms with Crippen LogP contribution in [-0.2, 0) is 0 Å². The first kappa shape index (κ1) is 23.0. The highest BCUT2D eigenvalue weighted by molar-refractivity contribution is 5.91. The van der Waals surface area contributed by atoms with Gasteiger partial charge in [-0.2, -0.15) is 0 Å². The molecule has 27 heavy (non-hydrogen) atoms. The number of halogens is 1. The summed E-state index contributed by atoms with van der Waals surface area (Å²) >= 11 is 0.